The zero-order valence-electron chi connectivity index (χ0n) is 13.8. The van der Waals surface area contributed by atoms with Crippen LogP contribution in [0.25, 0.3) is 0 Å². The van der Waals surface area contributed by atoms with Gasteiger partial charge in [-0.2, -0.15) is 0 Å². The average Bonchev–Trinajstić information content (AvgIpc) is 3.39. The number of amides is 1. The highest BCUT2D eigenvalue weighted by Gasteiger charge is 2.32. The topological polar surface area (TPSA) is 29.5 Å². The van der Waals surface area contributed by atoms with Crippen molar-refractivity contribution in [1.29, 1.82) is 0 Å². The SMILES string of the molecule is COc1ccccc1CC(=O)N(Cc1ccc(C)cc1)C1CC1. The Kier molecular flexibility index (Phi) is 4.65. The first-order valence-corrected chi connectivity index (χ1v) is 8.14. The van der Waals surface area contributed by atoms with Crippen molar-refractivity contribution >= 4 is 5.91 Å². The van der Waals surface area contributed by atoms with E-state index in [-0.39, 0.29) is 5.91 Å². The molecule has 3 heteroatoms. The smallest absolute Gasteiger partial charge is 0.227 e. The first-order valence-electron chi connectivity index (χ1n) is 8.14. The Labute approximate surface area is 137 Å². The molecule has 0 radical (unpaired) electrons. The van der Waals surface area contributed by atoms with E-state index in [1.54, 1.807) is 7.11 Å². The Morgan fingerprint density at radius 1 is 1.13 bits per heavy atom. The van der Waals surface area contributed by atoms with E-state index in [2.05, 4.69) is 31.2 Å². The molecule has 0 N–H and O–H groups in total. The molecule has 0 spiro atoms. The van der Waals surface area contributed by atoms with Gasteiger partial charge in [0.1, 0.15) is 5.75 Å². The second kappa shape index (κ2) is 6.86. The van der Waals surface area contributed by atoms with Gasteiger partial charge in [0.25, 0.3) is 0 Å². The van der Waals surface area contributed by atoms with E-state index < -0.39 is 0 Å². The Hall–Kier alpha value is -2.29. The normalized spacial score (nSPS) is 13.7. The van der Waals surface area contributed by atoms with Crippen molar-refractivity contribution in [2.45, 2.75) is 38.8 Å². The summed E-state index contributed by atoms with van der Waals surface area (Å²) in [6.07, 6.45) is 2.62. The molecule has 23 heavy (non-hydrogen) atoms. The summed E-state index contributed by atoms with van der Waals surface area (Å²) in [4.78, 5) is 14.8. The van der Waals surface area contributed by atoms with Gasteiger partial charge in [0, 0.05) is 18.2 Å². The quantitative estimate of drug-likeness (QED) is 0.813. The summed E-state index contributed by atoms with van der Waals surface area (Å²) in [6, 6.07) is 16.6. The predicted octanol–water partition coefficient (Wildman–Crippen LogP) is 3.74. The van der Waals surface area contributed by atoms with Crippen LogP contribution in [0.3, 0.4) is 0 Å². The van der Waals surface area contributed by atoms with E-state index in [0.29, 0.717) is 19.0 Å². The summed E-state index contributed by atoms with van der Waals surface area (Å²) >= 11 is 0. The Morgan fingerprint density at radius 3 is 2.48 bits per heavy atom. The molecule has 0 heterocycles. The first-order chi connectivity index (χ1) is 11.2. The lowest BCUT2D eigenvalue weighted by molar-refractivity contribution is -0.131. The lowest BCUT2D eigenvalue weighted by Crippen LogP contribution is -2.33. The zero-order chi connectivity index (χ0) is 16.2. The molecule has 3 nitrogen and oxygen atoms in total. The van der Waals surface area contributed by atoms with E-state index >= 15 is 0 Å². The van der Waals surface area contributed by atoms with Gasteiger partial charge in [0.05, 0.1) is 13.5 Å². The van der Waals surface area contributed by atoms with E-state index in [9.17, 15) is 4.79 Å². The summed E-state index contributed by atoms with van der Waals surface area (Å²) < 4.78 is 5.36. The molecular weight excluding hydrogens is 286 g/mol. The van der Waals surface area contributed by atoms with Crippen molar-refractivity contribution in [2.24, 2.45) is 0 Å². The summed E-state index contributed by atoms with van der Waals surface area (Å²) in [5.74, 6) is 0.963. The Morgan fingerprint density at radius 2 is 1.83 bits per heavy atom. The van der Waals surface area contributed by atoms with Crippen LogP contribution in [0.5, 0.6) is 5.75 Å². The maximum Gasteiger partial charge on any atom is 0.227 e. The highest BCUT2D eigenvalue weighted by atomic mass is 16.5. The Bertz CT molecular complexity index is 674. The van der Waals surface area contributed by atoms with Crippen LogP contribution < -0.4 is 4.74 Å². The number of benzene rings is 2. The molecule has 0 aromatic heterocycles. The number of hydrogen-bond donors (Lipinski definition) is 0. The molecule has 0 bridgehead atoms. The second-order valence-corrected chi connectivity index (χ2v) is 6.23. The van der Waals surface area contributed by atoms with Gasteiger partial charge in [-0.05, 0) is 31.4 Å². The van der Waals surface area contributed by atoms with Gasteiger partial charge in [-0.1, -0.05) is 48.0 Å². The van der Waals surface area contributed by atoms with Crippen molar-refractivity contribution in [3.05, 3.63) is 65.2 Å². The molecule has 120 valence electrons. The maximum atomic E-state index is 12.8. The van der Waals surface area contributed by atoms with E-state index in [1.807, 2.05) is 29.2 Å². The predicted molar refractivity (Wildman–Crippen MR) is 91.4 cm³/mol. The van der Waals surface area contributed by atoms with Gasteiger partial charge in [-0.3, -0.25) is 4.79 Å². The Balaban J connectivity index is 1.73. The number of methoxy groups -OCH3 is 1. The number of rotatable bonds is 6. The van der Waals surface area contributed by atoms with Crippen LogP contribution in [0.2, 0.25) is 0 Å². The number of para-hydroxylation sites is 1. The van der Waals surface area contributed by atoms with Gasteiger partial charge in [-0.25, -0.2) is 0 Å². The number of carbonyl (C=O) groups is 1. The first kappa shape index (κ1) is 15.6. The number of aryl methyl sites for hydroxylation is 1. The number of carbonyl (C=O) groups excluding carboxylic acids is 1. The monoisotopic (exact) mass is 309 g/mol. The lowest BCUT2D eigenvalue weighted by Gasteiger charge is -2.23. The summed E-state index contributed by atoms with van der Waals surface area (Å²) in [5, 5.41) is 0. The van der Waals surface area contributed by atoms with E-state index in [0.717, 1.165) is 24.2 Å². The van der Waals surface area contributed by atoms with E-state index in [1.165, 1.54) is 11.1 Å². The van der Waals surface area contributed by atoms with Crippen molar-refractivity contribution in [3.63, 3.8) is 0 Å². The molecule has 1 saturated carbocycles. The minimum absolute atomic E-state index is 0.178. The van der Waals surface area contributed by atoms with Crippen LogP contribution in [0.1, 0.15) is 29.5 Å². The van der Waals surface area contributed by atoms with Crippen molar-refractivity contribution < 1.29 is 9.53 Å². The third-order valence-electron chi connectivity index (χ3n) is 4.32. The van der Waals surface area contributed by atoms with Gasteiger partial charge in [0.2, 0.25) is 5.91 Å². The van der Waals surface area contributed by atoms with Gasteiger partial charge in [-0.15, -0.1) is 0 Å². The standard InChI is InChI=1S/C20H23NO2/c1-15-7-9-16(10-8-15)14-21(18-11-12-18)20(22)13-17-5-3-4-6-19(17)23-2/h3-10,18H,11-14H2,1-2H3. The summed E-state index contributed by atoms with van der Waals surface area (Å²) in [7, 11) is 1.65. The number of nitrogens with zero attached hydrogens (tertiary/aromatic N) is 1. The highest BCUT2D eigenvalue weighted by Crippen LogP contribution is 2.30. The largest absolute Gasteiger partial charge is 0.496 e. The van der Waals surface area contributed by atoms with Crippen molar-refractivity contribution in [2.75, 3.05) is 7.11 Å². The summed E-state index contributed by atoms with van der Waals surface area (Å²) in [5.41, 5.74) is 3.39. The zero-order valence-corrected chi connectivity index (χ0v) is 13.8. The molecule has 2 aromatic carbocycles. The molecule has 1 aliphatic carbocycles. The minimum Gasteiger partial charge on any atom is -0.496 e. The maximum absolute atomic E-state index is 12.8. The molecule has 0 atom stereocenters. The molecule has 0 aliphatic heterocycles. The molecule has 0 unspecified atom stereocenters. The molecule has 0 saturated heterocycles. The molecule has 1 aliphatic rings. The van der Waals surface area contributed by atoms with Gasteiger partial charge < -0.3 is 9.64 Å². The molecule has 1 amide bonds. The molecule has 2 aromatic rings. The van der Waals surface area contributed by atoms with Crippen LogP contribution in [0, 0.1) is 6.92 Å². The van der Waals surface area contributed by atoms with Crippen LogP contribution in [-0.2, 0) is 17.8 Å². The third kappa shape index (κ3) is 3.92. The third-order valence-corrected chi connectivity index (χ3v) is 4.32. The lowest BCUT2D eigenvalue weighted by atomic mass is 10.1. The van der Waals surface area contributed by atoms with Crippen molar-refractivity contribution in [1.82, 2.24) is 4.90 Å². The van der Waals surface area contributed by atoms with Crippen LogP contribution in [0.15, 0.2) is 48.5 Å². The highest BCUT2D eigenvalue weighted by molar-refractivity contribution is 5.80. The number of hydrogen-bond acceptors (Lipinski definition) is 2. The van der Waals surface area contributed by atoms with Crippen molar-refractivity contribution in [3.8, 4) is 5.75 Å². The average molecular weight is 309 g/mol. The van der Waals surface area contributed by atoms with Gasteiger partial charge in [0.15, 0.2) is 0 Å². The number of ether oxygens (including phenoxy) is 1. The molecular formula is C20H23NO2. The van der Waals surface area contributed by atoms with E-state index in [4.69, 9.17) is 4.74 Å². The van der Waals surface area contributed by atoms with Gasteiger partial charge >= 0.3 is 0 Å². The fourth-order valence-electron chi connectivity index (χ4n) is 2.81. The fraction of sp³-hybridized carbons (Fsp3) is 0.350. The second-order valence-electron chi connectivity index (χ2n) is 6.23. The van der Waals surface area contributed by atoms with Crippen LogP contribution >= 0.6 is 0 Å². The molecule has 1 fully saturated rings. The minimum atomic E-state index is 0.178. The summed E-state index contributed by atoms with van der Waals surface area (Å²) in [6.45, 7) is 2.77. The molecule has 3 rings (SSSR count). The van der Waals surface area contributed by atoms with Crippen LogP contribution in [0.4, 0.5) is 0 Å². The van der Waals surface area contributed by atoms with Crippen LogP contribution in [-0.4, -0.2) is 24.0 Å². The fourth-order valence-corrected chi connectivity index (χ4v) is 2.81.